The lowest BCUT2D eigenvalue weighted by Crippen LogP contribution is -2.45. The minimum absolute atomic E-state index is 0.00160. The smallest absolute Gasteiger partial charge is 0.261 e. The summed E-state index contributed by atoms with van der Waals surface area (Å²) < 4.78 is 5.39. The molecule has 6 nitrogen and oxygen atoms in total. The van der Waals surface area contributed by atoms with Crippen LogP contribution in [-0.4, -0.2) is 44.6 Å². The molecule has 7 heteroatoms. The second kappa shape index (κ2) is 11.0. The van der Waals surface area contributed by atoms with E-state index in [1.165, 1.54) is 11.3 Å². The van der Waals surface area contributed by atoms with Crippen molar-refractivity contribution in [2.45, 2.75) is 25.3 Å². The number of benzene rings is 2. The monoisotopic (exact) mass is 463 g/mol. The van der Waals surface area contributed by atoms with Gasteiger partial charge in [-0.2, -0.15) is 0 Å². The Morgan fingerprint density at radius 2 is 1.76 bits per heavy atom. The predicted molar refractivity (Wildman–Crippen MR) is 132 cm³/mol. The van der Waals surface area contributed by atoms with Crippen LogP contribution in [0.3, 0.4) is 0 Å². The summed E-state index contributed by atoms with van der Waals surface area (Å²) in [5.41, 5.74) is 2.69. The van der Waals surface area contributed by atoms with Gasteiger partial charge in [0.15, 0.2) is 0 Å². The zero-order valence-corrected chi connectivity index (χ0v) is 19.6. The third-order valence-electron chi connectivity index (χ3n) is 5.94. The summed E-state index contributed by atoms with van der Waals surface area (Å²) in [4.78, 5) is 28.3. The summed E-state index contributed by atoms with van der Waals surface area (Å²) in [5.74, 6) is 0.757. The minimum Gasteiger partial charge on any atom is -0.496 e. The minimum atomic E-state index is -0.0754. The average Bonchev–Trinajstić information content (AvgIpc) is 3.40. The van der Waals surface area contributed by atoms with Crippen LogP contribution in [0.25, 0.3) is 0 Å². The van der Waals surface area contributed by atoms with Gasteiger partial charge < -0.3 is 20.3 Å². The first-order valence-corrected chi connectivity index (χ1v) is 12.1. The standard InChI is InChI=1S/C26H29N3O3S/c1-32-23-10-5-2-7-19(23)12-15-27-25(30)21-8-3-4-9-22(21)29-16-13-20(14-17-29)28-26(31)24-11-6-18-33-24/h2-11,18,20H,12-17H2,1H3,(H,27,30)(H,28,31). The molecule has 1 saturated heterocycles. The van der Waals surface area contributed by atoms with Crippen LogP contribution in [0.2, 0.25) is 0 Å². The van der Waals surface area contributed by atoms with Gasteiger partial charge in [0.1, 0.15) is 5.75 Å². The first kappa shape index (κ1) is 22.9. The van der Waals surface area contributed by atoms with Crippen molar-refractivity contribution in [3.63, 3.8) is 0 Å². The highest BCUT2D eigenvalue weighted by molar-refractivity contribution is 7.12. The lowest BCUT2D eigenvalue weighted by molar-refractivity contribution is 0.0933. The van der Waals surface area contributed by atoms with E-state index in [2.05, 4.69) is 15.5 Å². The SMILES string of the molecule is COc1ccccc1CCNC(=O)c1ccccc1N1CCC(NC(=O)c2cccs2)CC1. The van der Waals surface area contributed by atoms with Gasteiger partial charge in [-0.3, -0.25) is 9.59 Å². The summed E-state index contributed by atoms with van der Waals surface area (Å²) >= 11 is 1.46. The summed E-state index contributed by atoms with van der Waals surface area (Å²) in [6.45, 7) is 2.12. The third-order valence-corrected chi connectivity index (χ3v) is 6.81. The molecule has 0 spiro atoms. The fraction of sp³-hybridized carbons (Fsp3) is 0.308. The summed E-state index contributed by atoms with van der Waals surface area (Å²) in [6, 6.07) is 19.5. The van der Waals surface area contributed by atoms with E-state index in [1.54, 1.807) is 7.11 Å². The van der Waals surface area contributed by atoms with Gasteiger partial charge in [-0.05, 0) is 54.5 Å². The van der Waals surface area contributed by atoms with E-state index >= 15 is 0 Å². The molecule has 0 radical (unpaired) electrons. The van der Waals surface area contributed by atoms with E-state index in [9.17, 15) is 9.59 Å². The quantitative estimate of drug-likeness (QED) is 0.527. The van der Waals surface area contributed by atoms with Crippen LogP contribution in [0.4, 0.5) is 5.69 Å². The van der Waals surface area contributed by atoms with Gasteiger partial charge in [-0.1, -0.05) is 36.4 Å². The van der Waals surface area contributed by atoms with Crippen molar-refractivity contribution in [2.75, 3.05) is 31.6 Å². The van der Waals surface area contributed by atoms with Crippen molar-refractivity contribution in [1.82, 2.24) is 10.6 Å². The van der Waals surface area contributed by atoms with Gasteiger partial charge in [0.2, 0.25) is 0 Å². The highest BCUT2D eigenvalue weighted by atomic mass is 32.1. The molecule has 3 aromatic rings. The lowest BCUT2D eigenvalue weighted by Gasteiger charge is -2.34. The Kier molecular flexibility index (Phi) is 7.62. The van der Waals surface area contributed by atoms with Gasteiger partial charge in [0.05, 0.1) is 17.6 Å². The van der Waals surface area contributed by atoms with E-state index in [0.717, 1.165) is 47.8 Å². The summed E-state index contributed by atoms with van der Waals surface area (Å²) in [6.07, 6.45) is 2.40. The molecule has 1 aliphatic rings. The van der Waals surface area contributed by atoms with Crippen LogP contribution in [0, 0.1) is 0 Å². The van der Waals surface area contributed by atoms with Crippen LogP contribution >= 0.6 is 11.3 Å². The number of nitrogens with one attached hydrogen (secondary N) is 2. The number of nitrogens with zero attached hydrogens (tertiary/aromatic N) is 1. The highest BCUT2D eigenvalue weighted by Gasteiger charge is 2.24. The van der Waals surface area contributed by atoms with Gasteiger partial charge in [0.25, 0.3) is 11.8 Å². The molecule has 2 aromatic carbocycles. The molecule has 2 N–H and O–H groups in total. The number of thiophene rings is 1. The Bertz CT molecular complexity index is 1080. The van der Waals surface area contributed by atoms with E-state index in [1.807, 2.05) is 66.0 Å². The first-order chi connectivity index (χ1) is 16.2. The van der Waals surface area contributed by atoms with E-state index < -0.39 is 0 Å². The summed E-state index contributed by atoms with van der Waals surface area (Å²) in [7, 11) is 1.66. The Balaban J connectivity index is 1.32. The molecule has 1 aromatic heterocycles. The fourth-order valence-corrected chi connectivity index (χ4v) is 4.81. The Morgan fingerprint density at radius 1 is 1.00 bits per heavy atom. The fourth-order valence-electron chi connectivity index (χ4n) is 4.19. The van der Waals surface area contributed by atoms with Crippen LogP contribution in [-0.2, 0) is 6.42 Å². The summed E-state index contributed by atoms with van der Waals surface area (Å²) in [5, 5.41) is 8.10. The van der Waals surface area contributed by atoms with Crippen molar-refractivity contribution in [2.24, 2.45) is 0 Å². The predicted octanol–water partition coefficient (Wildman–Crippen LogP) is 4.13. The largest absolute Gasteiger partial charge is 0.496 e. The van der Waals surface area contributed by atoms with Gasteiger partial charge in [-0.25, -0.2) is 0 Å². The Hall–Kier alpha value is -3.32. The van der Waals surface area contributed by atoms with Crippen LogP contribution in [0.1, 0.15) is 38.4 Å². The number of rotatable bonds is 8. The Labute approximate surface area is 198 Å². The number of para-hydroxylation sites is 2. The lowest BCUT2D eigenvalue weighted by atomic mass is 10.0. The van der Waals surface area contributed by atoms with Crippen molar-refractivity contribution in [3.05, 3.63) is 82.0 Å². The second-order valence-corrected chi connectivity index (χ2v) is 8.99. The maximum absolute atomic E-state index is 13.0. The number of carbonyl (C=O) groups is 2. The normalized spacial score (nSPS) is 14.0. The number of ether oxygens (including phenoxy) is 1. The molecular formula is C26H29N3O3S. The molecule has 1 fully saturated rings. The molecule has 2 amide bonds. The number of hydrogen-bond acceptors (Lipinski definition) is 5. The highest BCUT2D eigenvalue weighted by Crippen LogP contribution is 2.25. The molecular weight excluding hydrogens is 434 g/mol. The molecule has 0 saturated carbocycles. The van der Waals surface area contributed by atoms with Crippen molar-refractivity contribution < 1.29 is 14.3 Å². The molecule has 33 heavy (non-hydrogen) atoms. The van der Waals surface area contributed by atoms with Crippen molar-refractivity contribution in [1.29, 1.82) is 0 Å². The van der Waals surface area contributed by atoms with Gasteiger partial charge >= 0.3 is 0 Å². The average molecular weight is 464 g/mol. The van der Waals surface area contributed by atoms with Crippen LogP contribution in [0.15, 0.2) is 66.0 Å². The topological polar surface area (TPSA) is 70.7 Å². The van der Waals surface area contributed by atoms with E-state index in [-0.39, 0.29) is 17.9 Å². The van der Waals surface area contributed by atoms with Crippen molar-refractivity contribution in [3.8, 4) is 5.75 Å². The van der Waals surface area contributed by atoms with Gasteiger partial charge in [-0.15, -0.1) is 11.3 Å². The zero-order valence-electron chi connectivity index (χ0n) is 18.8. The van der Waals surface area contributed by atoms with E-state index in [0.29, 0.717) is 18.5 Å². The van der Waals surface area contributed by atoms with E-state index in [4.69, 9.17) is 4.74 Å². The Morgan fingerprint density at radius 3 is 2.52 bits per heavy atom. The molecule has 1 aliphatic heterocycles. The van der Waals surface area contributed by atoms with Crippen LogP contribution in [0.5, 0.6) is 5.75 Å². The molecule has 0 unspecified atom stereocenters. The molecule has 0 aliphatic carbocycles. The molecule has 2 heterocycles. The molecule has 0 atom stereocenters. The number of carbonyl (C=O) groups excluding carboxylic acids is 2. The number of hydrogen-bond donors (Lipinski definition) is 2. The van der Waals surface area contributed by atoms with Crippen LogP contribution < -0.4 is 20.3 Å². The first-order valence-electron chi connectivity index (χ1n) is 11.2. The number of anilines is 1. The molecule has 4 rings (SSSR count). The van der Waals surface area contributed by atoms with Crippen molar-refractivity contribution >= 4 is 28.8 Å². The number of piperidine rings is 1. The zero-order chi connectivity index (χ0) is 23.0. The second-order valence-electron chi connectivity index (χ2n) is 8.05. The maximum Gasteiger partial charge on any atom is 0.261 e. The molecule has 172 valence electrons. The van der Waals surface area contributed by atoms with Gasteiger partial charge in [0, 0.05) is 31.4 Å². The number of amides is 2. The number of methoxy groups -OCH3 is 1. The molecule has 0 bridgehead atoms. The maximum atomic E-state index is 13.0. The third kappa shape index (κ3) is 5.73.